The van der Waals surface area contributed by atoms with E-state index < -0.39 is 0 Å². The van der Waals surface area contributed by atoms with E-state index >= 15 is 0 Å². The lowest BCUT2D eigenvalue weighted by Gasteiger charge is -2.41. The van der Waals surface area contributed by atoms with Gasteiger partial charge >= 0.3 is 0 Å². The summed E-state index contributed by atoms with van der Waals surface area (Å²) in [6, 6.07) is 50.5. The maximum Gasteiger partial charge on any atom is 0.198 e. The van der Waals surface area contributed by atoms with Gasteiger partial charge in [0.05, 0.1) is 5.52 Å². The minimum absolute atomic E-state index is 0.0554. The molecule has 0 unspecified atom stereocenters. The van der Waals surface area contributed by atoms with Gasteiger partial charge in [0, 0.05) is 65.9 Å². The van der Waals surface area contributed by atoms with Crippen molar-refractivity contribution in [1.29, 1.82) is 0 Å². The molecule has 0 spiro atoms. The molecule has 68 heavy (non-hydrogen) atoms. The number of nitrogens with one attached hydrogen (secondary N) is 1. The Morgan fingerprint density at radius 2 is 1.18 bits per heavy atom. The van der Waals surface area contributed by atoms with E-state index in [1.54, 1.807) is 0 Å². The van der Waals surface area contributed by atoms with Gasteiger partial charge in [0.1, 0.15) is 22.3 Å². The molecule has 1 aliphatic heterocycles. The van der Waals surface area contributed by atoms with Gasteiger partial charge in [0.25, 0.3) is 0 Å². The maximum absolute atomic E-state index is 7.03. The van der Waals surface area contributed by atoms with Gasteiger partial charge < -0.3 is 18.7 Å². The van der Waals surface area contributed by atoms with Crippen molar-refractivity contribution < 1.29 is 8.83 Å². The first-order chi connectivity index (χ1) is 32.5. The molecule has 4 heterocycles. The zero-order chi connectivity index (χ0) is 46.4. The summed E-state index contributed by atoms with van der Waals surface area (Å²) >= 11 is 0. The Morgan fingerprint density at radius 3 is 1.97 bits per heavy atom. The summed E-state index contributed by atoms with van der Waals surface area (Å²) in [5.74, 6) is 0. The van der Waals surface area contributed by atoms with E-state index in [-0.39, 0.29) is 21.7 Å². The van der Waals surface area contributed by atoms with Crippen LogP contribution in [0.2, 0.25) is 0 Å². The summed E-state index contributed by atoms with van der Waals surface area (Å²) in [6.45, 7) is 21.2. The molecule has 4 nitrogen and oxygen atoms in total. The number of hydrogen-bond donors (Lipinski definition) is 1. The van der Waals surface area contributed by atoms with Crippen molar-refractivity contribution in [1.82, 2.24) is 4.57 Å². The molecule has 332 valence electrons. The summed E-state index contributed by atoms with van der Waals surface area (Å²) in [4.78, 5) is 0. The number of anilines is 2. The van der Waals surface area contributed by atoms with Crippen molar-refractivity contribution in [2.24, 2.45) is 0 Å². The largest absolute Gasteiger partial charge is 0.456 e. The van der Waals surface area contributed by atoms with Crippen LogP contribution in [0.25, 0.3) is 93.6 Å². The average molecular weight is 883 g/mol. The van der Waals surface area contributed by atoms with Crippen molar-refractivity contribution in [3.05, 3.63) is 161 Å². The second kappa shape index (κ2) is 13.2. The third-order valence-corrected chi connectivity index (χ3v) is 16.8. The lowest BCUT2D eigenvalue weighted by Crippen LogP contribution is -2.37. The standard InChI is InChI=1S/C63H55BN2O2/c1-60(2,3)34-18-20-35(21-19-34)65-51-28-44-43-27-48-49(62(6,7)25-24-61(48,4)5)32-56(43)68-55(44)31-41(51)38-22-23-39-42-26-47-40(36-14-10-12-16-46(36)63(47,8)9)29-52(42)66-53-30-45-37-15-11-13-17-54(37)67-57(45)33-50(53)64-58(38)59(39)66/h10-23,26-33,64-65H,24-25H2,1-9H3. The van der Waals surface area contributed by atoms with E-state index in [4.69, 9.17) is 8.83 Å². The van der Waals surface area contributed by atoms with Crippen molar-refractivity contribution in [3.8, 4) is 27.9 Å². The predicted octanol–water partition coefficient (Wildman–Crippen LogP) is 15.6. The van der Waals surface area contributed by atoms with Crippen LogP contribution in [0.3, 0.4) is 0 Å². The molecule has 0 amide bonds. The topological polar surface area (TPSA) is 43.2 Å². The lowest BCUT2D eigenvalue weighted by atomic mass is 9.59. The lowest BCUT2D eigenvalue weighted by molar-refractivity contribution is 0.332. The van der Waals surface area contributed by atoms with Gasteiger partial charge in [-0.3, -0.25) is 0 Å². The van der Waals surface area contributed by atoms with Crippen molar-refractivity contribution in [2.45, 2.75) is 96.8 Å². The fourth-order valence-electron chi connectivity index (χ4n) is 12.8. The van der Waals surface area contributed by atoms with Crippen LogP contribution < -0.4 is 16.2 Å². The number of para-hydroxylation sites is 1. The molecule has 3 aromatic heterocycles. The van der Waals surface area contributed by atoms with E-state index in [9.17, 15) is 0 Å². The summed E-state index contributed by atoms with van der Waals surface area (Å²) in [5.41, 5.74) is 24.2. The third kappa shape index (κ3) is 5.45. The monoisotopic (exact) mass is 882 g/mol. The minimum atomic E-state index is -0.115. The summed E-state index contributed by atoms with van der Waals surface area (Å²) in [5, 5.41) is 11.2. The zero-order valence-corrected chi connectivity index (χ0v) is 40.6. The average Bonchev–Trinajstić information content (AvgIpc) is 4.02. The van der Waals surface area contributed by atoms with E-state index in [0.29, 0.717) is 0 Å². The second-order valence-electron chi connectivity index (χ2n) is 23.3. The molecular weight excluding hydrogens is 828 g/mol. The minimum Gasteiger partial charge on any atom is -0.456 e. The predicted molar refractivity (Wildman–Crippen MR) is 288 cm³/mol. The van der Waals surface area contributed by atoms with E-state index in [1.165, 1.54) is 88.3 Å². The molecule has 0 radical (unpaired) electrons. The number of rotatable bonds is 3. The fourth-order valence-corrected chi connectivity index (χ4v) is 12.8. The molecule has 14 rings (SSSR count). The molecule has 0 saturated carbocycles. The van der Waals surface area contributed by atoms with Crippen LogP contribution in [-0.4, -0.2) is 11.8 Å². The van der Waals surface area contributed by atoms with Crippen LogP contribution in [0.5, 0.6) is 0 Å². The molecule has 0 atom stereocenters. The SMILES string of the molecule is CC(C)(C)c1ccc(Nc2cc3c(cc2-c2ccc4c5cc6c(cc5n5c4c2Bc2cc4oc7ccccc7c4cc2-5)-c2ccccc2C6(C)C)oc2cc4c(cc23)C(C)(C)CCC4(C)C)cc1. The number of furan rings is 2. The van der Waals surface area contributed by atoms with Gasteiger partial charge in [-0.25, -0.2) is 0 Å². The molecule has 0 fully saturated rings. The number of fused-ring (bicyclic) bond motifs is 15. The number of benzene rings is 8. The van der Waals surface area contributed by atoms with Gasteiger partial charge in [0.15, 0.2) is 7.28 Å². The molecule has 8 aromatic carbocycles. The highest BCUT2D eigenvalue weighted by atomic mass is 16.3. The quantitative estimate of drug-likeness (QED) is 0.180. The second-order valence-corrected chi connectivity index (χ2v) is 23.3. The molecular formula is C63H55BN2O2. The summed E-state index contributed by atoms with van der Waals surface area (Å²) < 4.78 is 16.2. The first kappa shape index (κ1) is 40.1. The van der Waals surface area contributed by atoms with E-state index in [1.807, 2.05) is 0 Å². The molecule has 11 aromatic rings. The summed E-state index contributed by atoms with van der Waals surface area (Å²) in [6.07, 6.45) is 2.32. The Kier molecular flexibility index (Phi) is 7.77. The molecule has 0 bridgehead atoms. The van der Waals surface area contributed by atoms with Crippen LogP contribution in [0.15, 0.2) is 142 Å². The van der Waals surface area contributed by atoms with Gasteiger partial charge in [0.2, 0.25) is 0 Å². The van der Waals surface area contributed by atoms with Crippen molar-refractivity contribution in [3.63, 3.8) is 0 Å². The smallest absolute Gasteiger partial charge is 0.198 e. The van der Waals surface area contributed by atoms with Gasteiger partial charge in [-0.15, -0.1) is 0 Å². The Hall–Kier alpha value is -6.98. The first-order valence-electron chi connectivity index (χ1n) is 24.7. The van der Waals surface area contributed by atoms with Crippen LogP contribution in [0, 0.1) is 0 Å². The van der Waals surface area contributed by atoms with Crippen LogP contribution in [0.4, 0.5) is 11.4 Å². The Bertz CT molecular complexity index is 4030. The number of nitrogens with zero attached hydrogens (tertiary/aromatic N) is 1. The Morgan fingerprint density at radius 1 is 0.515 bits per heavy atom. The molecule has 3 aliphatic rings. The van der Waals surface area contributed by atoms with E-state index in [0.717, 1.165) is 75.6 Å². The van der Waals surface area contributed by atoms with Crippen LogP contribution >= 0.6 is 0 Å². The normalized spacial score (nSPS) is 16.4. The van der Waals surface area contributed by atoms with E-state index in [2.05, 4.69) is 206 Å². The fraction of sp³-hybridized carbons (Fsp3) is 0.238. The maximum atomic E-state index is 7.03. The van der Waals surface area contributed by atoms with Gasteiger partial charge in [-0.2, -0.15) is 0 Å². The molecule has 1 N–H and O–H groups in total. The highest BCUT2D eigenvalue weighted by Crippen LogP contribution is 2.53. The van der Waals surface area contributed by atoms with Crippen molar-refractivity contribution in [2.75, 3.05) is 5.32 Å². The Balaban J connectivity index is 1.06. The molecule has 2 aliphatic carbocycles. The highest BCUT2D eigenvalue weighted by Gasteiger charge is 2.39. The highest BCUT2D eigenvalue weighted by molar-refractivity contribution is 6.73. The third-order valence-electron chi connectivity index (χ3n) is 16.8. The number of aromatic nitrogens is 1. The van der Waals surface area contributed by atoms with Crippen LogP contribution in [0.1, 0.15) is 103 Å². The number of hydrogen-bond acceptors (Lipinski definition) is 3. The van der Waals surface area contributed by atoms with Crippen molar-refractivity contribution >= 4 is 95.3 Å². The van der Waals surface area contributed by atoms with Crippen LogP contribution in [-0.2, 0) is 21.7 Å². The Labute approximate surface area is 398 Å². The first-order valence-corrected chi connectivity index (χ1v) is 24.7. The summed E-state index contributed by atoms with van der Waals surface area (Å²) in [7, 11) is 0.758. The molecule has 0 saturated heterocycles. The zero-order valence-electron chi connectivity index (χ0n) is 40.6. The van der Waals surface area contributed by atoms with Gasteiger partial charge in [-0.05, 0) is 146 Å². The molecule has 5 heteroatoms. The van der Waals surface area contributed by atoms with Gasteiger partial charge in [-0.1, -0.05) is 135 Å².